The summed E-state index contributed by atoms with van der Waals surface area (Å²) >= 11 is 3.61. The Balaban J connectivity index is 0.000000490. The molecule has 0 bridgehead atoms. The second-order valence-electron chi connectivity index (χ2n) is 1.14. The van der Waals surface area contributed by atoms with Gasteiger partial charge in [-0.2, -0.15) is 0 Å². The van der Waals surface area contributed by atoms with Crippen LogP contribution < -0.4 is 4.59 Å². The summed E-state index contributed by atoms with van der Waals surface area (Å²) < 4.78 is 0.822. The van der Waals surface area contributed by atoms with Gasteiger partial charge in [-0.1, -0.05) is 0 Å². The first-order valence-electron chi connectivity index (χ1n) is 1.95. The van der Waals surface area contributed by atoms with Crippen molar-refractivity contribution in [1.29, 1.82) is 0 Å². The molecule has 1 heterocycles. The van der Waals surface area contributed by atoms with Crippen LogP contribution in [0.3, 0.4) is 0 Å². The van der Waals surface area contributed by atoms with E-state index in [9.17, 15) is 0 Å². The standard InChI is InChI=1S/C5H4N.ClH.Fe/c1-2-4-6-5-3-1;;/h1-4H;1H;. The van der Waals surface area contributed by atoms with Crippen LogP contribution in [0, 0.1) is 0 Å². The van der Waals surface area contributed by atoms with E-state index in [0.717, 1.165) is 4.59 Å². The van der Waals surface area contributed by atoms with Crippen molar-refractivity contribution in [3.05, 3.63) is 24.4 Å². The van der Waals surface area contributed by atoms with Gasteiger partial charge in [0, 0.05) is 0 Å². The first kappa shape index (κ1) is 7.96. The predicted molar refractivity (Wildman–Crippen MR) is 31.1 cm³/mol. The normalized spacial score (nSPS) is 7.62. The molecule has 0 aliphatic rings. The number of halogens is 1. The Bertz CT molecular complexity index is 142. The van der Waals surface area contributed by atoms with E-state index in [1.165, 1.54) is 0 Å². The van der Waals surface area contributed by atoms with E-state index in [1.807, 2.05) is 18.2 Å². The Kier molecular flexibility index (Phi) is 3.88. The number of nitrogens with zero attached hydrogens (tertiary/aromatic N) is 1. The molecule has 0 unspecified atom stereocenters. The van der Waals surface area contributed by atoms with Crippen LogP contribution in [0.5, 0.6) is 0 Å². The van der Waals surface area contributed by atoms with Gasteiger partial charge in [0.25, 0.3) is 0 Å². The summed E-state index contributed by atoms with van der Waals surface area (Å²) in [5, 5.41) is 0. The average molecular weight is 170 g/mol. The fraction of sp³-hybridized carbons (Fsp3) is 0. The molecule has 45 valence electrons. The van der Waals surface area contributed by atoms with Crippen LogP contribution in [0.2, 0.25) is 0 Å². The number of aromatic nitrogens is 1. The topological polar surface area (TPSA) is 12.9 Å². The van der Waals surface area contributed by atoms with Crippen molar-refractivity contribution < 1.29 is 16.0 Å². The molecule has 8 heavy (non-hydrogen) atoms. The molecule has 1 nitrogen and oxygen atoms in total. The van der Waals surface area contributed by atoms with Gasteiger partial charge in [-0.3, -0.25) is 0 Å². The first-order valence-corrected chi connectivity index (χ1v) is 2.50. The van der Waals surface area contributed by atoms with Crippen LogP contribution in [-0.2, 0) is 16.0 Å². The summed E-state index contributed by atoms with van der Waals surface area (Å²) in [5.41, 5.74) is 0. The number of rotatable bonds is 0. The van der Waals surface area contributed by atoms with Crippen LogP contribution in [0.25, 0.3) is 0 Å². The molecule has 0 saturated heterocycles. The fourth-order valence-electron chi connectivity index (χ4n) is 0.338. The number of hydrogen-bond donors (Lipinski definition) is 0. The van der Waals surface area contributed by atoms with Crippen molar-refractivity contribution in [2.24, 2.45) is 0 Å². The molecule has 3 heteroatoms. The Morgan fingerprint density at radius 2 is 2.12 bits per heavy atom. The summed E-state index contributed by atoms with van der Waals surface area (Å²) in [6.07, 6.45) is 1.72. The molecule has 0 aromatic carbocycles. The van der Waals surface area contributed by atoms with Crippen molar-refractivity contribution >= 4 is 17.0 Å². The third-order valence-corrected chi connectivity index (χ3v) is 0.948. The van der Waals surface area contributed by atoms with Gasteiger partial charge < -0.3 is 0 Å². The summed E-state index contributed by atoms with van der Waals surface area (Å²) in [6, 6.07) is 5.64. The molecule has 1 aromatic rings. The van der Waals surface area contributed by atoms with Gasteiger partial charge in [-0.15, -0.1) is 12.4 Å². The van der Waals surface area contributed by atoms with Gasteiger partial charge >= 0.3 is 50.0 Å². The molecule has 1 aromatic heterocycles. The maximum absolute atomic E-state index is 3.87. The van der Waals surface area contributed by atoms with Crippen LogP contribution >= 0.6 is 12.4 Å². The molecule has 0 amide bonds. The third kappa shape index (κ3) is 2.31. The zero-order chi connectivity index (χ0) is 5.11. The predicted octanol–water partition coefficient (Wildman–Crippen LogP) is 0.676. The van der Waals surface area contributed by atoms with Crippen molar-refractivity contribution in [3.63, 3.8) is 0 Å². The molecule has 0 N–H and O–H groups in total. The van der Waals surface area contributed by atoms with Gasteiger partial charge in [-0.25, -0.2) is 0 Å². The zero-order valence-electron chi connectivity index (χ0n) is 4.02. The van der Waals surface area contributed by atoms with Gasteiger partial charge in [0.05, 0.1) is 0 Å². The van der Waals surface area contributed by atoms with Crippen LogP contribution in [-0.4, -0.2) is 4.98 Å². The Morgan fingerprint density at radius 3 is 2.38 bits per heavy atom. The Hall–Kier alpha value is -0.0405. The second kappa shape index (κ2) is 3.90. The van der Waals surface area contributed by atoms with Gasteiger partial charge in [0.1, 0.15) is 0 Å². The quantitative estimate of drug-likeness (QED) is 0.522. The number of hydrogen-bond acceptors (Lipinski definition) is 1. The molecular weight excluding hydrogens is 165 g/mol. The molecule has 1 rings (SSSR count). The van der Waals surface area contributed by atoms with E-state index in [4.69, 9.17) is 0 Å². The zero-order valence-corrected chi connectivity index (χ0v) is 5.94. The fourth-order valence-corrected chi connectivity index (χ4v) is 0.526. The third-order valence-electron chi connectivity index (χ3n) is 0.622. The number of pyridine rings is 1. The van der Waals surface area contributed by atoms with E-state index in [-0.39, 0.29) is 12.4 Å². The summed E-state index contributed by atoms with van der Waals surface area (Å²) in [7, 11) is 0. The van der Waals surface area contributed by atoms with Crippen molar-refractivity contribution in [3.8, 4) is 0 Å². The molecule has 0 atom stereocenters. The maximum atomic E-state index is 3.87. The molecule has 0 fully saturated rings. The monoisotopic (exact) mass is 170 g/mol. The van der Waals surface area contributed by atoms with E-state index in [0.29, 0.717) is 0 Å². The molecule has 0 aliphatic heterocycles. The van der Waals surface area contributed by atoms with Gasteiger partial charge in [0.15, 0.2) is 0 Å². The van der Waals surface area contributed by atoms with Gasteiger partial charge in [0.2, 0.25) is 0 Å². The molecule has 0 radical (unpaired) electrons. The molecular formula is C5H5ClFeN. The van der Waals surface area contributed by atoms with Crippen molar-refractivity contribution in [1.82, 2.24) is 4.98 Å². The van der Waals surface area contributed by atoms with Crippen LogP contribution in [0.4, 0.5) is 0 Å². The molecule has 0 aliphatic carbocycles. The van der Waals surface area contributed by atoms with Gasteiger partial charge in [-0.05, 0) is 0 Å². The first-order chi connectivity index (χ1) is 3.39. The summed E-state index contributed by atoms with van der Waals surface area (Å²) in [6.45, 7) is 0. The second-order valence-corrected chi connectivity index (χ2v) is 1.71. The summed E-state index contributed by atoms with van der Waals surface area (Å²) in [4.78, 5) is 3.87. The average Bonchev–Trinajstić information content (AvgIpc) is 1.69. The van der Waals surface area contributed by atoms with E-state index < -0.39 is 0 Å². The Labute approximate surface area is 62.7 Å². The molecule has 0 saturated carbocycles. The van der Waals surface area contributed by atoms with Crippen molar-refractivity contribution in [2.75, 3.05) is 0 Å². The minimum atomic E-state index is 0. The Morgan fingerprint density at radius 1 is 1.38 bits per heavy atom. The van der Waals surface area contributed by atoms with Crippen LogP contribution in [0.1, 0.15) is 0 Å². The van der Waals surface area contributed by atoms with E-state index in [2.05, 4.69) is 21.0 Å². The van der Waals surface area contributed by atoms with Crippen molar-refractivity contribution in [2.45, 2.75) is 0 Å². The summed E-state index contributed by atoms with van der Waals surface area (Å²) in [5.74, 6) is 0. The molecule has 0 spiro atoms. The SMILES string of the molecule is Cl.[Fe][c]1ccccn1. The van der Waals surface area contributed by atoms with E-state index in [1.54, 1.807) is 6.20 Å². The minimum absolute atomic E-state index is 0. The van der Waals surface area contributed by atoms with E-state index >= 15 is 0 Å². The van der Waals surface area contributed by atoms with Crippen LogP contribution in [0.15, 0.2) is 24.4 Å².